The Labute approximate surface area is 201 Å². The number of aliphatic hydroxyl groups excluding tert-OH is 2. The third-order valence-corrected chi connectivity index (χ3v) is 5.47. The number of benzene rings is 1. The summed E-state index contributed by atoms with van der Waals surface area (Å²) in [4.78, 5) is 8.81. The summed E-state index contributed by atoms with van der Waals surface area (Å²) in [6.07, 6.45) is 2.53. The summed E-state index contributed by atoms with van der Waals surface area (Å²) in [5, 5.41) is 23.4. The minimum atomic E-state index is -0.646. The van der Waals surface area contributed by atoms with Gasteiger partial charge in [0.1, 0.15) is 17.6 Å². The molecule has 1 unspecified atom stereocenters. The Morgan fingerprint density at radius 1 is 1.03 bits per heavy atom. The van der Waals surface area contributed by atoms with Crippen LogP contribution in [-0.4, -0.2) is 68.6 Å². The van der Waals surface area contributed by atoms with Crippen LogP contribution in [-0.2, 0) is 6.54 Å². The lowest BCUT2D eigenvalue weighted by Gasteiger charge is -2.36. The predicted octanol–water partition coefficient (Wildman–Crippen LogP) is 2.90. The highest BCUT2D eigenvalue weighted by Gasteiger charge is 2.18. The van der Waals surface area contributed by atoms with Crippen LogP contribution in [0.4, 0.5) is 5.69 Å². The molecule has 1 saturated heterocycles. The van der Waals surface area contributed by atoms with Gasteiger partial charge in [0, 0.05) is 62.4 Å². The maximum absolute atomic E-state index is 9.77. The highest BCUT2D eigenvalue weighted by atomic mass is 16.5. The molecular weight excluding hydrogens is 430 g/mol. The molecule has 0 radical (unpaired) electrons. The standard InChI is InChI=1S/C24H29N5O3.C2H6/c1-18(30)16-27-11-13-28(14-12-27)22-6-3-20(4-7-22)5-8-23-15-21(26-32-23)17-29-10-9-25-24(29)19(2)31;1-2/h3-4,6-7,9-10,15,18-19,30-31H,11-14,16-17H2,1-2H3;1-2H3/t18?,19-;/m0./s1. The van der Waals surface area contributed by atoms with Crippen LogP contribution in [0.25, 0.3) is 0 Å². The lowest BCUT2D eigenvalue weighted by atomic mass is 10.1. The molecule has 182 valence electrons. The first-order chi connectivity index (χ1) is 16.5. The number of aliphatic hydroxyl groups is 2. The van der Waals surface area contributed by atoms with E-state index in [0.717, 1.165) is 44.0 Å². The maximum atomic E-state index is 9.77. The number of imidazole rings is 1. The van der Waals surface area contributed by atoms with Crippen molar-refractivity contribution in [2.45, 2.75) is 46.4 Å². The highest BCUT2D eigenvalue weighted by Crippen LogP contribution is 2.18. The van der Waals surface area contributed by atoms with E-state index in [-0.39, 0.29) is 6.10 Å². The summed E-state index contributed by atoms with van der Waals surface area (Å²) in [6, 6.07) is 10.0. The summed E-state index contributed by atoms with van der Waals surface area (Å²) in [5.41, 5.74) is 2.81. The van der Waals surface area contributed by atoms with Crippen LogP contribution in [0.15, 0.2) is 47.2 Å². The van der Waals surface area contributed by atoms with E-state index in [4.69, 9.17) is 4.52 Å². The SMILES string of the molecule is CC.CC(O)CN1CCN(c2ccc(C#Cc3cc(Cn4ccnc4[C@H](C)O)no3)cc2)CC1. The van der Waals surface area contributed by atoms with Crippen LogP contribution < -0.4 is 4.90 Å². The molecule has 2 aromatic heterocycles. The Kier molecular flexibility index (Phi) is 9.28. The van der Waals surface area contributed by atoms with Gasteiger partial charge in [-0.15, -0.1) is 0 Å². The van der Waals surface area contributed by atoms with E-state index in [9.17, 15) is 10.2 Å². The molecule has 0 spiro atoms. The highest BCUT2D eigenvalue weighted by molar-refractivity contribution is 5.51. The van der Waals surface area contributed by atoms with Gasteiger partial charge in [-0.1, -0.05) is 24.9 Å². The molecule has 3 aromatic rings. The summed E-state index contributed by atoms with van der Waals surface area (Å²) >= 11 is 0. The van der Waals surface area contributed by atoms with Crippen molar-refractivity contribution >= 4 is 5.69 Å². The number of anilines is 1. The molecule has 8 heteroatoms. The Balaban J connectivity index is 0.00000158. The van der Waals surface area contributed by atoms with Crippen LogP contribution in [0.2, 0.25) is 0 Å². The number of β-amino-alcohol motifs (C(OH)–C–C–N with tert-alkyl or cyclic N) is 1. The molecule has 1 aliphatic rings. The largest absolute Gasteiger partial charge is 0.392 e. The van der Waals surface area contributed by atoms with Crippen molar-refractivity contribution in [2.24, 2.45) is 0 Å². The first-order valence-electron chi connectivity index (χ1n) is 11.9. The second-order valence-corrected chi connectivity index (χ2v) is 8.21. The Bertz CT molecular complexity index is 1070. The Morgan fingerprint density at radius 3 is 2.38 bits per heavy atom. The van der Waals surface area contributed by atoms with Gasteiger partial charge in [0.15, 0.2) is 0 Å². The number of nitrogens with zero attached hydrogens (tertiary/aromatic N) is 5. The third kappa shape index (κ3) is 6.94. The van der Waals surface area contributed by atoms with Gasteiger partial charge in [0.2, 0.25) is 5.76 Å². The van der Waals surface area contributed by atoms with Crippen LogP contribution >= 0.6 is 0 Å². The zero-order valence-electron chi connectivity index (χ0n) is 20.5. The van der Waals surface area contributed by atoms with Crippen molar-refractivity contribution in [3.05, 3.63) is 65.6 Å². The summed E-state index contributed by atoms with van der Waals surface area (Å²) in [5.74, 6) is 7.23. The van der Waals surface area contributed by atoms with Crippen LogP contribution in [0.3, 0.4) is 0 Å². The Morgan fingerprint density at radius 2 is 1.74 bits per heavy atom. The monoisotopic (exact) mass is 465 g/mol. The van der Waals surface area contributed by atoms with Crippen molar-refractivity contribution < 1.29 is 14.7 Å². The van der Waals surface area contributed by atoms with Gasteiger partial charge in [0.05, 0.1) is 12.6 Å². The molecule has 8 nitrogen and oxygen atoms in total. The van der Waals surface area contributed by atoms with Gasteiger partial charge in [-0.2, -0.15) is 0 Å². The molecule has 34 heavy (non-hydrogen) atoms. The predicted molar refractivity (Wildman–Crippen MR) is 133 cm³/mol. The average molecular weight is 466 g/mol. The van der Waals surface area contributed by atoms with Gasteiger partial charge in [-0.25, -0.2) is 4.98 Å². The van der Waals surface area contributed by atoms with Crippen molar-refractivity contribution in [2.75, 3.05) is 37.6 Å². The Hall–Kier alpha value is -3.12. The van der Waals surface area contributed by atoms with Gasteiger partial charge >= 0.3 is 0 Å². The second kappa shape index (κ2) is 12.4. The van der Waals surface area contributed by atoms with Crippen LogP contribution in [0, 0.1) is 11.8 Å². The van der Waals surface area contributed by atoms with E-state index >= 15 is 0 Å². The van der Waals surface area contributed by atoms with E-state index in [2.05, 4.69) is 43.9 Å². The first kappa shape index (κ1) is 25.5. The summed E-state index contributed by atoms with van der Waals surface area (Å²) < 4.78 is 7.18. The van der Waals surface area contributed by atoms with Crippen LogP contribution in [0.1, 0.15) is 56.6 Å². The van der Waals surface area contributed by atoms with E-state index in [1.54, 1.807) is 25.4 Å². The number of piperazine rings is 1. The lowest BCUT2D eigenvalue weighted by Crippen LogP contribution is -2.48. The molecule has 0 bridgehead atoms. The first-order valence-corrected chi connectivity index (χ1v) is 11.9. The number of rotatable bonds is 6. The normalized spacial score (nSPS) is 15.6. The molecule has 2 atom stereocenters. The molecular formula is C26H35N5O3. The minimum Gasteiger partial charge on any atom is -0.392 e. The quantitative estimate of drug-likeness (QED) is 0.541. The molecule has 1 aliphatic heterocycles. The van der Waals surface area contributed by atoms with Gasteiger partial charge in [-0.3, -0.25) is 4.90 Å². The third-order valence-electron chi connectivity index (χ3n) is 5.47. The van der Waals surface area contributed by atoms with Gasteiger partial charge in [-0.05, 0) is 44.0 Å². The fourth-order valence-electron chi connectivity index (χ4n) is 3.89. The molecule has 0 saturated carbocycles. The fraction of sp³-hybridized carbons (Fsp3) is 0.462. The van der Waals surface area contributed by atoms with Crippen LogP contribution in [0.5, 0.6) is 0 Å². The molecule has 2 N–H and O–H groups in total. The smallest absolute Gasteiger partial charge is 0.210 e. The lowest BCUT2D eigenvalue weighted by molar-refractivity contribution is 0.122. The topological polar surface area (TPSA) is 90.8 Å². The maximum Gasteiger partial charge on any atom is 0.210 e. The zero-order valence-corrected chi connectivity index (χ0v) is 20.5. The van der Waals surface area contributed by atoms with Gasteiger partial charge in [0.25, 0.3) is 0 Å². The van der Waals surface area contributed by atoms with Gasteiger partial charge < -0.3 is 24.2 Å². The van der Waals surface area contributed by atoms with Crippen molar-refractivity contribution in [3.8, 4) is 11.8 Å². The zero-order chi connectivity index (χ0) is 24.5. The number of hydrogen-bond acceptors (Lipinski definition) is 7. The molecule has 4 rings (SSSR count). The van der Waals surface area contributed by atoms with Crippen molar-refractivity contribution in [1.82, 2.24) is 19.6 Å². The molecule has 3 heterocycles. The second-order valence-electron chi connectivity index (χ2n) is 8.21. The van der Waals surface area contributed by atoms with E-state index < -0.39 is 6.10 Å². The summed E-state index contributed by atoms with van der Waals surface area (Å²) in [7, 11) is 0. The molecule has 0 aliphatic carbocycles. The minimum absolute atomic E-state index is 0.285. The number of aromatic nitrogens is 3. The van der Waals surface area contributed by atoms with E-state index in [1.807, 2.05) is 37.5 Å². The van der Waals surface area contributed by atoms with Crippen molar-refractivity contribution in [1.29, 1.82) is 0 Å². The average Bonchev–Trinajstić information content (AvgIpc) is 3.49. The fourth-order valence-corrected chi connectivity index (χ4v) is 3.89. The van der Waals surface area contributed by atoms with E-state index in [0.29, 0.717) is 18.1 Å². The molecule has 1 fully saturated rings. The number of hydrogen-bond donors (Lipinski definition) is 2. The summed E-state index contributed by atoms with van der Waals surface area (Å²) in [6.45, 7) is 12.5. The molecule has 0 amide bonds. The molecule has 1 aromatic carbocycles. The van der Waals surface area contributed by atoms with E-state index in [1.165, 1.54) is 5.69 Å². The van der Waals surface area contributed by atoms with Crippen molar-refractivity contribution in [3.63, 3.8) is 0 Å².